The van der Waals surface area contributed by atoms with Crippen LogP contribution < -0.4 is 0 Å². The molecule has 1 nitrogen and oxygen atoms in total. The fourth-order valence-electron chi connectivity index (χ4n) is 1.18. The van der Waals surface area contributed by atoms with Crippen LogP contribution in [0.2, 0.25) is 0 Å². The largest absolute Gasteiger partial charge is 0.296 e. The molecule has 1 aliphatic rings. The van der Waals surface area contributed by atoms with Gasteiger partial charge in [-0.1, -0.05) is 13.3 Å². The SMILES string of the molecule is CCCC1CN(C)CS1. The lowest BCUT2D eigenvalue weighted by Gasteiger charge is -2.05. The molecule has 0 spiro atoms. The first-order valence-electron chi connectivity index (χ1n) is 3.63. The van der Waals surface area contributed by atoms with E-state index in [1.54, 1.807) is 0 Å². The van der Waals surface area contributed by atoms with Crippen molar-refractivity contribution in [3.8, 4) is 0 Å². The van der Waals surface area contributed by atoms with Gasteiger partial charge in [0.1, 0.15) is 0 Å². The van der Waals surface area contributed by atoms with Gasteiger partial charge >= 0.3 is 0 Å². The quantitative estimate of drug-likeness (QED) is 0.583. The van der Waals surface area contributed by atoms with E-state index in [0.29, 0.717) is 0 Å². The minimum Gasteiger partial charge on any atom is -0.296 e. The van der Waals surface area contributed by atoms with Crippen molar-refractivity contribution < 1.29 is 0 Å². The Bertz CT molecular complexity index is 83.0. The molecule has 9 heavy (non-hydrogen) atoms. The molecule has 0 radical (unpaired) electrons. The molecule has 0 N–H and O–H groups in total. The van der Waals surface area contributed by atoms with Crippen LogP contribution in [0.15, 0.2) is 0 Å². The Morgan fingerprint density at radius 2 is 2.44 bits per heavy atom. The molecule has 0 saturated carbocycles. The molecule has 1 heterocycles. The van der Waals surface area contributed by atoms with E-state index in [1.165, 1.54) is 25.3 Å². The molecule has 1 fully saturated rings. The zero-order valence-corrected chi connectivity index (χ0v) is 7.08. The minimum atomic E-state index is 0.931. The molecule has 0 aromatic carbocycles. The van der Waals surface area contributed by atoms with E-state index in [9.17, 15) is 0 Å². The maximum atomic E-state index is 2.39. The lowest BCUT2D eigenvalue weighted by molar-refractivity contribution is 0.410. The Morgan fingerprint density at radius 3 is 2.89 bits per heavy atom. The third kappa shape index (κ3) is 2.18. The predicted octanol–water partition coefficient (Wildman–Crippen LogP) is 1.79. The van der Waals surface area contributed by atoms with Crippen LogP contribution in [0.1, 0.15) is 19.8 Å². The molecule has 1 saturated heterocycles. The topological polar surface area (TPSA) is 3.24 Å². The average Bonchev–Trinajstić information content (AvgIpc) is 2.17. The van der Waals surface area contributed by atoms with Gasteiger partial charge in [0.05, 0.1) is 0 Å². The monoisotopic (exact) mass is 145 g/mol. The van der Waals surface area contributed by atoms with E-state index in [1.807, 2.05) is 0 Å². The van der Waals surface area contributed by atoms with Gasteiger partial charge in [-0.3, -0.25) is 4.90 Å². The summed E-state index contributed by atoms with van der Waals surface area (Å²) in [6, 6.07) is 0. The molecule has 1 aliphatic heterocycles. The third-order valence-electron chi connectivity index (χ3n) is 1.66. The second kappa shape index (κ2) is 3.47. The number of hydrogen-bond acceptors (Lipinski definition) is 2. The molecule has 1 unspecified atom stereocenters. The van der Waals surface area contributed by atoms with Gasteiger partial charge in [0.2, 0.25) is 0 Å². The van der Waals surface area contributed by atoms with Crippen LogP contribution in [-0.4, -0.2) is 29.6 Å². The van der Waals surface area contributed by atoms with Crippen LogP contribution >= 0.6 is 11.8 Å². The summed E-state index contributed by atoms with van der Waals surface area (Å²) in [5.41, 5.74) is 0. The van der Waals surface area contributed by atoms with Crippen LogP contribution in [0.3, 0.4) is 0 Å². The highest BCUT2D eigenvalue weighted by Gasteiger charge is 2.18. The molecule has 1 atom stereocenters. The van der Waals surface area contributed by atoms with Crippen molar-refractivity contribution in [1.82, 2.24) is 4.90 Å². The van der Waals surface area contributed by atoms with Crippen molar-refractivity contribution in [2.75, 3.05) is 19.5 Å². The summed E-state index contributed by atoms with van der Waals surface area (Å²) in [5.74, 6) is 1.24. The Morgan fingerprint density at radius 1 is 1.67 bits per heavy atom. The maximum Gasteiger partial charge on any atom is 0.0444 e. The first kappa shape index (κ1) is 7.42. The van der Waals surface area contributed by atoms with E-state index < -0.39 is 0 Å². The fourth-order valence-corrected chi connectivity index (χ4v) is 2.52. The van der Waals surface area contributed by atoms with Crippen molar-refractivity contribution in [2.24, 2.45) is 0 Å². The molecule has 0 aromatic rings. The molecular formula is C7H15NS. The summed E-state index contributed by atoms with van der Waals surface area (Å²) >= 11 is 2.10. The Kier molecular flexibility index (Phi) is 2.86. The van der Waals surface area contributed by atoms with Crippen LogP contribution in [0.25, 0.3) is 0 Å². The standard InChI is InChI=1S/C7H15NS/c1-3-4-7-5-8(2)6-9-7/h7H,3-6H2,1-2H3. The zero-order chi connectivity index (χ0) is 6.69. The zero-order valence-electron chi connectivity index (χ0n) is 6.26. The molecule has 0 bridgehead atoms. The normalized spacial score (nSPS) is 29.3. The lowest BCUT2D eigenvalue weighted by atomic mass is 10.2. The van der Waals surface area contributed by atoms with Gasteiger partial charge in [-0.05, 0) is 13.5 Å². The minimum absolute atomic E-state index is 0.931. The number of rotatable bonds is 2. The Balaban J connectivity index is 2.14. The highest BCUT2D eigenvalue weighted by atomic mass is 32.2. The summed E-state index contributed by atoms with van der Waals surface area (Å²) in [4.78, 5) is 2.39. The van der Waals surface area contributed by atoms with Crippen LogP contribution in [-0.2, 0) is 0 Å². The van der Waals surface area contributed by atoms with Crippen molar-refractivity contribution in [3.63, 3.8) is 0 Å². The van der Waals surface area contributed by atoms with E-state index >= 15 is 0 Å². The average molecular weight is 145 g/mol. The predicted molar refractivity (Wildman–Crippen MR) is 43.8 cm³/mol. The number of hydrogen-bond donors (Lipinski definition) is 0. The van der Waals surface area contributed by atoms with Crippen molar-refractivity contribution in [1.29, 1.82) is 0 Å². The summed E-state index contributed by atoms with van der Waals surface area (Å²) in [6.07, 6.45) is 2.74. The smallest absolute Gasteiger partial charge is 0.0444 e. The highest BCUT2D eigenvalue weighted by molar-refractivity contribution is 8.00. The molecule has 2 heteroatoms. The molecule has 1 rings (SSSR count). The second-order valence-corrected chi connectivity index (χ2v) is 4.00. The van der Waals surface area contributed by atoms with E-state index in [-0.39, 0.29) is 0 Å². The number of nitrogens with zero attached hydrogens (tertiary/aromatic N) is 1. The number of thioether (sulfide) groups is 1. The first-order chi connectivity index (χ1) is 4.33. The molecule has 0 aromatic heterocycles. The van der Waals surface area contributed by atoms with Gasteiger partial charge in [-0.25, -0.2) is 0 Å². The van der Waals surface area contributed by atoms with E-state index in [4.69, 9.17) is 0 Å². The third-order valence-corrected chi connectivity index (χ3v) is 3.10. The summed E-state index contributed by atoms with van der Waals surface area (Å²) in [7, 11) is 2.20. The Hall–Kier alpha value is 0.310. The van der Waals surface area contributed by atoms with Gasteiger partial charge in [-0.2, -0.15) is 0 Å². The molecule has 0 aliphatic carbocycles. The van der Waals surface area contributed by atoms with E-state index in [2.05, 4.69) is 30.6 Å². The fraction of sp³-hybridized carbons (Fsp3) is 1.00. The molecule has 0 amide bonds. The first-order valence-corrected chi connectivity index (χ1v) is 4.68. The van der Waals surface area contributed by atoms with Crippen molar-refractivity contribution in [2.45, 2.75) is 25.0 Å². The van der Waals surface area contributed by atoms with Crippen molar-refractivity contribution >= 4 is 11.8 Å². The Labute approximate surface area is 61.8 Å². The van der Waals surface area contributed by atoms with Crippen LogP contribution in [0.4, 0.5) is 0 Å². The maximum absolute atomic E-state index is 2.39. The van der Waals surface area contributed by atoms with Gasteiger partial charge < -0.3 is 0 Å². The van der Waals surface area contributed by atoms with Gasteiger partial charge in [0.25, 0.3) is 0 Å². The lowest BCUT2D eigenvalue weighted by Crippen LogP contribution is -2.16. The molecular weight excluding hydrogens is 130 g/mol. The summed E-state index contributed by atoms with van der Waals surface area (Å²) in [6.45, 7) is 3.57. The van der Waals surface area contributed by atoms with Crippen LogP contribution in [0, 0.1) is 0 Å². The van der Waals surface area contributed by atoms with Crippen molar-refractivity contribution in [3.05, 3.63) is 0 Å². The van der Waals surface area contributed by atoms with E-state index in [0.717, 1.165) is 5.25 Å². The van der Waals surface area contributed by atoms with Gasteiger partial charge in [0.15, 0.2) is 0 Å². The summed E-state index contributed by atoms with van der Waals surface area (Å²) < 4.78 is 0. The highest BCUT2D eigenvalue weighted by Crippen LogP contribution is 2.24. The molecule has 54 valence electrons. The van der Waals surface area contributed by atoms with Crippen LogP contribution in [0.5, 0.6) is 0 Å². The second-order valence-electron chi connectivity index (χ2n) is 2.75. The van der Waals surface area contributed by atoms with Gasteiger partial charge in [0, 0.05) is 17.7 Å². The van der Waals surface area contributed by atoms with Gasteiger partial charge in [-0.15, -0.1) is 11.8 Å². The summed E-state index contributed by atoms with van der Waals surface area (Å²) in [5, 5.41) is 0.931.